The number of hydrazone groups is 1. The van der Waals surface area contributed by atoms with Crippen molar-refractivity contribution in [3.8, 4) is 5.75 Å². The zero-order valence-electron chi connectivity index (χ0n) is 20.7. The lowest BCUT2D eigenvalue weighted by atomic mass is 9.86. The molecular formula is C28H35N3O3. The SMILES string of the molecule is Cc1cc(C)c2c(c1)/C(=N/NC(=O)c1ccc(OCC(=O)N3C(C)CCCC3C)cc1)CCC2. The molecule has 1 N–H and O–H groups in total. The number of nitrogens with zero attached hydrogens (tertiary/aromatic N) is 2. The molecule has 1 heterocycles. The van der Waals surface area contributed by atoms with E-state index in [-0.39, 0.29) is 30.5 Å². The first kappa shape index (κ1) is 24.0. The van der Waals surface area contributed by atoms with Crippen molar-refractivity contribution >= 4 is 17.5 Å². The molecule has 2 amide bonds. The number of fused-ring (bicyclic) bond motifs is 1. The van der Waals surface area contributed by atoms with Gasteiger partial charge >= 0.3 is 0 Å². The van der Waals surface area contributed by atoms with Crippen LogP contribution in [0.5, 0.6) is 5.75 Å². The molecule has 1 saturated heterocycles. The summed E-state index contributed by atoms with van der Waals surface area (Å²) in [7, 11) is 0. The molecule has 0 aromatic heterocycles. The molecular weight excluding hydrogens is 426 g/mol. The fourth-order valence-corrected chi connectivity index (χ4v) is 5.29. The van der Waals surface area contributed by atoms with Gasteiger partial charge in [0.1, 0.15) is 5.75 Å². The Morgan fingerprint density at radius 1 is 1.03 bits per heavy atom. The molecule has 180 valence electrons. The summed E-state index contributed by atoms with van der Waals surface area (Å²) in [4.78, 5) is 27.3. The third-order valence-corrected chi connectivity index (χ3v) is 7.02. The van der Waals surface area contributed by atoms with Crippen LogP contribution < -0.4 is 10.2 Å². The minimum atomic E-state index is -0.261. The normalized spacial score (nSPS) is 21.2. The second-order valence-electron chi connectivity index (χ2n) is 9.70. The van der Waals surface area contributed by atoms with Gasteiger partial charge in [-0.3, -0.25) is 9.59 Å². The summed E-state index contributed by atoms with van der Waals surface area (Å²) >= 11 is 0. The van der Waals surface area contributed by atoms with E-state index in [9.17, 15) is 9.59 Å². The van der Waals surface area contributed by atoms with Gasteiger partial charge in [-0.2, -0.15) is 5.10 Å². The molecule has 0 radical (unpaired) electrons. The van der Waals surface area contributed by atoms with E-state index < -0.39 is 0 Å². The van der Waals surface area contributed by atoms with Crippen molar-refractivity contribution in [1.29, 1.82) is 0 Å². The molecule has 1 aliphatic carbocycles. The molecule has 6 heteroatoms. The number of rotatable bonds is 5. The Hall–Kier alpha value is -3.15. The van der Waals surface area contributed by atoms with Crippen LogP contribution in [-0.4, -0.2) is 41.1 Å². The molecule has 2 aromatic carbocycles. The Labute approximate surface area is 202 Å². The van der Waals surface area contributed by atoms with E-state index in [0.717, 1.165) is 49.8 Å². The summed E-state index contributed by atoms with van der Waals surface area (Å²) in [5, 5.41) is 4.47. The number of benzene rings is 2. The van der Waals surface area contributed by atoms with E-state index in [1.807, 2.05) is 4.90 Å². The summed E-state index contributed by atoms with van der Waals surface area (Å²) in [5.74, 6) is 0.318. The van der Waals surface area contributed by atoms with Crippen LogP contribution >= 0.6 is 0 Å². The van der Waals surface area contributed by atoms with E-state index in [1.54, 1.807) is 24.3 Å². The topological polar surface area (TPSA) is 71.0 Å². The second kappa shape index (κ2) is 10.4. The number of carbonyl (C=O) groups is 2. The van der Waals surface area contributed by atoms with Crippen LogP contribution in [0.3, 0.4) is 0 Å². The number of nitrogens with one attached hydrogen (secondary N) is 1. The molecule has 2 atom stereocenters. The Balaban J connectivity index is 1.36. The van der Waals surface area contributed by atoms with E-state index >= 15 is 0 Å². The van der Waals surface area contributed by atoms with Crippen LogP contribution in [0.4, 0.5) is 0 Å². The summed E-state index contributed by atoms with van der Waals surface area (Å²) in [6.45, 7) is 8.42. The molecule has 0 spiro atoms. The van der Waals surface area contributed by atoms with Gasteiger partial charge in [-0.15, -0.1) is 0 Å². The van der Waals surface area contributed by atoms with Crippen LogP contribution in [0.15, 0.2) is 41.5 Å². The van der Waals surface area contributed by atoms with E-state index in [1.165, 1.54) is 16.7 Å². The fourth-order valence-electron chi connectivity index (χ4n) is 5.29. The molecule has 6 nitrogen and oxygen atoms in total. The number of piperidine rings is 1. The van der Waals surface area contributed by atoms with Gasteiger partial charge in [0.2, 0.25) is 0 Å². The van der Waals surface area contributed by atoms with Gasteiger partial charge in [0.05, 0.1) is 5.71 Å². The Kier molecular flexibility index (Phi) is 7.35. The Bertz CT molecular complexity index is 1080. The number of ether oxygens (including phenoxy) is 1. The van der Waals surface area contributed by atoms with E-state index in [2.05, 4.69) is 50.4 Å². The van der Waals surface area contributed by atoms with Crippen LogP contribution in [0.25, 0.3) is 0 Å². The average Bonchev–Trinajstić information content (AvgIpc) is 2.81. The smallest absolute Gasteiger partial charge is 0.271 e. The summed E-state index contributed by atoms with van der Waals surface area (Å²) in [5.41, 5.74) is 9.11. The van der Waals surface area contributed by atoms with Crippen LogP contribution in [-0.2, 0) is 11.2 Å². The first-order valence-electron chi connectivity index (χ1n) is 12.3. The average molecular weight is 462 g/mol. The third kappa shape index (κ3) is 5.32. The lowest BCUT2D eigenvalue weighted by Gasteiger charge is -2.38. The predicted molar refractivity (Wildman–Crippen MR) is 134 cm³/mol. The molecule has 0 bridgehead atoms. The van der Waals surface area contributed by atoms with E-state index in [4.69, 9.17) is 4.74 Å². The first-order chi connectivity index (χ1) is 16.3. The van der Waals surface area contributed by atoms with Gasteiger partial charge in [0.15, 0.2) is 6.61 Å². The number of amides is 2. The van der Waals surface area contributed by atoms with Crippen molar-refractivity contribution in [3.63, 3.8) is 0 Å². The van der Waals surface area contributed by atoms with Gasteiger partial charge in [-0.1, -0.05) is 11.6 Å². The van der Waals surface area contributed by atoms with Crippen molar-refractivity contribution in [2.75, 3.05) is 6.61 Å². The molecule has 1 aliphatic heterocycles. The van der Waals surface area contributed by atoms with E-state index in [0.29, 0.717) is 11.3 Å². The minimum absolute atomic E-state index is 0.00607. The number of hydrogen-bond acceptors (Lipinski definition) is 4. The monoisotopic (exact) mass is 461 g/mol. The highest BCUT2D eigenvalue weighted by Crippen LogP contribution is 2.26. The molecule has 34 heavy (non-hydrogen) atoms. The number of carbonyl (C=O) groups excluding carboxylic acids is 2. The van der Waals surface area contributed by atoms with Crippen LogP contribution in [0, 0.1) is 13.8 Å². The fraction of sp³-hybridized carbons (Fsp3) is 0.464. The van der Waals surface area contributed by atoms with Crippen molar-refractivity contribution in [2.45, 2.75) is 78.3 Å². The molecule has 2 unspecified atom stereocenters. The number of aryl methyl sites for hydroxylation is 2. The lowest BCUT2D eigenvalue weighted by Crippen LogP contribution is -2.49. The van der Waals surface area contributed by atoms with Crippen molar-refractivity contribution in [2.24, 2.45) is 5.10 Å². The molecule has 0 saturated carbocycles. The highest BCUT2D eigenvalue weighted by molar-refractivity contribution is 6.04. The van der Waals surface area contributed by atoms with Gasteiger partial charge < -0.3 is 9.64 Å². The highest BCUT2D eigenvalue weighted by atomic mass is 16.5. The highest BCUT2D eigenvalue weighted by Gasteiger charge is 2.29. The van der Waals surface area contributed by atoms with Crippen molar-refractivity contribution in [3.05, 3.63) is 64.2 Å². The van der Waals surface area contributed by atoms with Gasteiger partial charge in [0, 0.05) is 23.2 Å². The largest absolute Gasteiger partial charge is 0.484 e. The maximum absolute atomic E-state index is 12.7. The van der Waals surface area contributed by atoms with Crippen molar-refractivity contribution < 1.29 is 14.3 Å². The molecule has 4 rings (SSSR count). The minimum Gasteiger partial charge on any atom is -0.484 e. The van der Waals surface area contributed by atoms with Gasteiger partial charge in [-0.05, 0) is 108 Å². The Morgan fingerprint density at radius 3 is 2.44 bits per heavy atom. The first-order valence-corrected chi connectivity index (χ1v) is 12.3. The summed E-state index contributed by atoms with van der Waals surface area (Å²) < 4.78 is 5.72. The van der Waals surface area contributed by atoms with Crippen LogP contribution in [0.2, 0.25) is 0 Å². The van der Waals surface area contributed by atoms with Gasteiger partial charge in [-0.25, -0.2) is 5.43 Å². The standard InChI is InChI=1S/C28H35N3O3/c1-18-15-19(2)24-9-6-10-26(25(24)16-18)29-30-28(33)22-11-13-23(14-12-22)34-17-27(32)31-20(3)7-5-8-21(31)4/h11-16,20-21H,5-10,17H2,1-4H3,(H,30,33)/b29-26+. The maximum Gasteiger partial charge on any atom is 0.271 e. The quantitative estimate of drug-likeness (QED) is 0.641. The zero-order valence-corrected chi connectivity index (χ0v) is 20.7. The zero-order chi connectivity index (χ0) is 24.2. The predicted octanol–water partition coefficient (Wildman–Crippen LogP) is 4.94. The maximum atomic E-state index is 12.7. The Morgan fingerprint density at radius 2 is 1.74 bits per heavy atom. The molecule has 2 aromatic rings. The third-order valence-electron chi connectivity index (χ3n) is 7.02. The van der Waals surface area contributed by atoms with Gasteiger partial charge in [0.25, 0.3) is 11.8 Å². The van der Waals surface area contributed by atoms with Crippen molar-refractivity contribution in [1.82, 2.24) is 10.3 Å². The summed E-state index contributed by atoms with van der Waals surface area (Å²) in [6, 6.07) is 11.7. The van der Waals surface area contributed by atoms with Crippen LogP contribution in [0.1, 0.15) is 78.6 Å². The summed E-state index contributed by atoms with van der Waals surface area (Å²) in [6.07, 6.45) is 6.17. The molecule has 1 fully saturated rings. The number of likely N-dealkylation sites (tertiary alicyclic amines) is 1. The number of hydrogen-bond donors (Lipinski definition) is 1. The second-order valence-corrected chi connectivity index (χ2v) is 9.70. The molecule has 2 aliphatic rings. The lowest BCUT2D eigenvalue weighted by molar-refractivity contribution is -0.139.